The number of benzene rings is 2. The summed E-state index contributed by atoms with van der Waals surface area (Å²) in [7, 11) is 0. The maximum atomic E-state index is 12.0. The molecule has 1 amide bonds. The van der Waals surface area contributed by atoms with E-state index in [1.807, 2.05) is 36.4 Å². The number of para-hydroxylation sites is 1. The van der Waals surface area contributed by atoms with Crippen LogP contribution in [-0.4, -0.2) is 17.4 Å². The molecule has 0 saturated carbocycles. The number of carbonyl (C=O) groups excluding carboxylic acids is 2. The Hall–Kier alpha value is -2.20. The molecule has 0 aromatic heterocycles. The Kier molecular flexibility index (Phi) is 3.48. The van der Waals surface area contributed by atoms with Crippen molar-refractivity contribution in [1.29, 1.82) is 0 Å². The molecule has 0 unspecified atom stereocenters. The van der Waals surface area contributed by atoms with Crippen LogP contribution >= 0.6 is 11.8 Å². The highest BCUT2D eigenvalue weighted by molar-refractivity contribution is 8.09. The monoisotopic (exact) mass is 281 g/mol. The summed E-state index contributed by atoms with van der Waals surface area (Å²) >= 11 is 1.26. The summed E-state index contributed by atoms with van der Waals surface area (Å²) < 4.78 is 0. The van der Waals surface area contributed by atoms with Crippen LogP contribution in [0.15, 0.2) is 59.6 Å². The molecular formula is C16H11NO2S. The highest BCUT2D eigenvalue weighted by atomic mass is 32.2. The van der Waals surface area contributed by atoms with Gasteiger partial charge in [0.15, 0.2) is 5.78 Å². The summed E-state index contributed by atoms with van der Waals surface area (Å²) in [5.41, 5.74) is 0.663. The van der Waals surface area contributed by atoms with Gasteiger partial charge in [-0.2, -0.15) is 0 Å². The number of ketones is 1. The number of hydrogen-bond acceptors (Lipinski definition) is 3. The first kappa shape index (κ1) is 12.8. The summed E-state index contributed by atoms with van der Waals surface area (Å²) in [6.45, 7) is 0. The molecule has 98 valence electrons. The second kappa shape index (κ2) is 5.43. The Morgan fingerprint density at radius 1 is 1.00 bits per heavy atom. The lowest BCUT2D eigenvalue weighted by Crippen LogP contribution is -2.21. The summed E-state index contributed by atoms with van der Waals surface area (Å²) in [5, 5.41) is 1.51. The SMILES string of the molecule is O=C1N=c2ccccc2=C1SCC(=O)c1ccccc1. The van der Waals surface area contributed by atoms with E-state index in [1.165, 1.54) is 11.8 Å². The lowest BCUT2D eigenvalue weighted by Gasteiger charge is -2.01. The molecule has 20 heavy (non-hydrogen) atoms. The fourth-order valence-electron chi connectivity index (χ4n) is 2.02. The molecule has 0 spiro atoms. The van der Waals surface area contributed by atoms with Crippen LogP contribution in [0.2, 0.25) is 0 Å². The maximum Gasteiger partial charge on any atom is 0.284 e. The fourth-order valence-corrected chi connectivity index (χ4v) is 2.96. The molecule has 0 radical (unpaired) electrons. The lowest BCUT2D eigenvalue weighted by molar-refractivity contribution is -0.112. The average Bonchev–Trinajstić information content (AvgIpc) is 2.81. The van der Waals surface area contributed by atoms with Gasteiger partial charge in [0, 0.05) is 10.8 Å². The number of rotatable bonds is 4. The number of nitrogens with zero attached hydrogens (tertiary/aromatic N) is 1. The molecular weight excluding hydrogens is 270 g/mol. The van der Waals surface area contributed by atoms with E-state index in [9.17, 15) is 9.59 Å². The zero-order valence-corrected chi connectivity index (χ0v) is 11.4. The average molecular weight is 281 g/mol. The van der Waals surface area contributed by atoms with Crippen molar-refractivity contribution >= 4 is 28.4 Å². The Bertz CT molecular complexity index is 797. The molecule has 0 atom stereocenters. The van der Waals surface area contributed by atoms with Crippen molar-refractivity contribution in [2.75, 3.05) is 5.75 Å². The minimum absolute atomic E-state index is 0.0141. The van der Waals surface area contributed by atoms with Crippen molar-refractivity contribution in [2.45, 2.75) is 0 Å². The molecule has 2 aromatic rings. The van der Waals surface area contributed by atoms with Gasteiger partial charge >= 0.3 is 0 Å². The van der Waals surface area contributed by atoms with Gasteiger partial charge in [-0.05, 0) is 6.07 Å². The number of carbonyl (C=O) groups is 2. The highest BCUT2D eigenvalue weighted by Crippen LogP contribution is 2.20. The van der Waals surface area contributed by atoms with Gasteiger partial charge in [0.05, 0.1) is 16.0 Å². The molecule has 1 heterocycles. The molecule has 0 saturated heterocycles. The molecule has 3 rings (SSSR count). The van der Waals surface area contributed by atoms with E-state index in [0.29, 0.717) is 15.8 Å². The van der Waals surface area contributed by atoms with E-state index >= 15 is 0 Å². The van der Waals surface area contributed by atoms with E-state index in [1.54, 1.807) is 18.2 Å². The number of Topliss-reactive ketones (excluding diaryl/α,β-unsaturated/α-hetero) is 1. The van der Waals surface area contributed by atoms with Crippen molar-refractivity contribution in [3.8, 4) is 0 Å². The summed E-state index contributed by atoms with van der Waals surface area (Å²) in [6, 6.07) is 16.5. The van der Waals surface area contributed by atoms with Crippen LogP contribution in [0.3, 0.4) is 0 Å². The zero-order chi connectivity index (χ0) is 13.9. The third-order valence-corrected chi connectivity index (χ3v) is 4.10. The van der Waals surface area contributed by atoms with Crippen molar-refractivity contribution in [2.24, 2.45) is 4.99 Å². The van der Waals surface area contributed by atoms with Crippen LogP contribution in [-0.2, 0) is 4.79 Å². The quantitative estimate of drug-likeness (QED) is 0.799. The Morgan fingerprint density at radius 3 is 2.50 bits per heavy atom. The minimum Gasteiger partial charge on any atom is -0.293 e. The minimum atomic E-state index is -0.253. The van der Waals surface area contributed by atoms with Crippen LogP contribution in [0.5, 0.6) is 0 Å². The van der Waals surface area contributed by atoms with Gasteiger partial charge in [-0.15, -0.1) is 11.8 Å². The number of thioether (sulfide) groups is 1. The largest absolute Gasteiger partial charge is 0.293 e. The van der Waals surface area contributed by atoms with Crippen molar-refractivity contribution in [1.82, 2.24) is 0 Å². The zero-order valence-electron chi connectivity index (χ0n) is 10.6. The Morgan fingerprint density at radius 2 is 1.70 bits per heavy atom. The summed E-state index contributed by atoms with van der Waals surface area (Å²) in [6.07, 6.45) is 0. The van der Waals surface area contributed by atoms with E-state index in [-0.39, 0.29) is 17.4 Å². The maximum absolute atomic E-state index is 12.0. The second-order valence-electron chi connectivity index (χ2n) is 4.34. The van der Waals surface area contributed by atoms with E-state index in [2.05, 4.69) is 4.99 Å². The van der Waals surface area contributed by atoms with Gasteiger partial charge in [-0.3, -0.25) is 9.59 Å². The van der Waals surface area contributed by atoms with Crippen LogP contribution < -0.4 is 10.6 Å². The summed E-state index contributed by atoms with van der Waals surface area (Å²) in [4.78, 5) is 28.4. The Labute approximate surface area is 120 Å². The van der Waals surface area contributed by atoms with Crippen LogP contribution in [0.4, 0.5) is 0 Å². The molecule has 4 heteroatoms. The molecule has 2 aromatic carbocycles. The normalized spacial score (nSPS) is 13.0. The van der Waals surface area contributed by atoms with Gasteiger partial charge in [0.1, 0.15) is 0 Å². The van der Waals surface area contributed by atoms with E-state index in [4.69, 9.17) is 0 Å². The van der Waals surface area contributed by atoms with Gasteiger partial charge in [-0.1, -0.05) is 48.5 Å². The Balaban J connectivity index is 1.82. The standard InChI is InChI=1S/C16H11NO2S/c18-14(11-6-2-1-3-7-11)10-20-15-12-8-4-5-9-13(12)17-16(15)19/h1-9H,10H2. The third kappa shape index (κ3) is 2.42. The van der Waals surface area contributed by atoms with E-state index < -0.39 is 0 Å². The molecule has 0 bridgehead atoms. The van der Waals surface area contributed by atoms with Gasteiger partial charge in [0.2, 0.25) is 0 Å². The molecule has 3 nitrogen and oxygen atoms in total. The predicted molar refractivity (Wildman–Crippen MR) is 78.9 cm³/mol. The highest BCUT2D eigenvalue weighted by Gasteiger charge is 2.18. The van der Waals surface area contributed by atoms with Gasteiger partial charge < -0.3 is 0 Å². The number of amides is 1. The van der Waals surface area contributed by atoms with Crippen molar-refractivity contribution in [3.05, 3.63) is 70.7 Å². The second-order valence-corrected chi connectivity index (χ2v) is 5.33. The number of fused-ring (bicyclic) bond motifs is 1. The lowest BCUT2D eigenvalue weighted by atomic mass is 10.2. The first-order chi connectivity index (χ1) is 9.75. The van der Waals surface area contributed by atoms with E-state index in [0.717, 1.165) is 5.22 Å². The summed E-state index contributed by atoms with van der Waals surface area (Å²) in [5.74, 6) is 0.00641. The molecule has 1 aliphatic heterocycles. The fraction of sp³-hybridized carbons (Fsp3) is 0.0625. The van der Waals surface area contributed by atoms with Crippen molar-refractivity contribution in [3.63, 3.8) is 0 Å². The van der Waals surface area contributed by atoms with Crippen LogP contribution in [0.25, 0.3) is 4.91 Å². The van der Waals surface area contributed by atoms with Gasteiger partial charge in [-0.25, -0.2) is 4.99 Å². The molecule has 0 N–H and O–H groups in total. The first-order valence-electron chi connectivity index (χ1n) is 6.19. The smallest absolute Gasteiger partial charge is 0.284 e. The van der Waals surface area contributed by atoms with Crippen LogP contribution in [0, 0.1) is 0 Å². The third-order valence-electron chi connectivity index (χ3n) is 3.01. The first-order valence-corrected chi connectivity index (χ1v) is 7.18. The molecule has 1 aliphatic rings. The predicted octanol–water partition coefficient (Wildman–Crippen LogP) is 1.57. The molecule has 0 fully saturated rings. The van der Waals surface area contributed by atoms with Crippen LogP contribution in [0.1, 0.15) is 10.4 Å². The number of hydrogen-bond donors (Lipinski definition) is 0. The molecule has 0 aliphatic carbocycles. The van der Waals surface area contributed by atoms with Crippen molar-refractivity contribution < 1.29 is 9.59 Å². The topological polar surface area (TPSA) is 46.5 Å². The van der Waals surface area contributed by atoms with Gasteiger partial charge in [0.25, 0.3) is 5.91 Å².